The summed E-state index contributed by atoms with van der Waals surface area (Å²) >= 11 is 0. The molecule has 0 saturated carbocycles. The Labute approximate surface area is 109 Å². The minimum absolute atomic E-state index is 0.115. The van der Waals surface area contributed by atoms with E-state index < -0.39 is 0 Å². The fourth-order valence-corrected chi connectivity index (χ4v) is 1.87. The molecule has 0 aliphatic carbocycles. The maximum absolute atomic E-state index is 5.63. The van der Waals surface area contributed by atoms with Crippen LogP contribution in [0.3, 0.4) is 0 Å². The van der Waals surface area contributed by atoms with Gasteiger partial charge in [-0.2, -0.15) is 0 Å². The zero-order valence-electron chi connectivity index (χ0n) is 12.3. The maximum atomic E-state index is 5.63. The molecule has 2 aliphatic heterocycles. The predicted octanol–water partition coefficient (Wildman–Crippen LogP) is 2.67. The summed E-state index contributed by atoms with van der Waals surface area (Å²) in [5, 5.41) is 0. The van der Waals surface area contributed by atoms with Crippen LogP contribution in [0.15, 0.2) is 9.98 Å². The van der Waals surface area contributed by atoms with Crippen LogP contribution in [0.5, 0.6) is 0 Å². The zero-order valence-corrected chi connectivity index (χ0v) is 12.3. The number of aliphatic imine (C=N–C) groups is 2. The van der Waals surface area contributed by atoms with Gasteiger partial charge in [0, 0.05) is 0 Å². The lowest BCUT2D eigenvalue weighted by Gasteiger charge is -2.21. The SMILES string of the molecule is CC(C)(C)[C@H]1COC(C2=N[C@@H](C(C)(C)C)CO2)=N1. The number of ether oxygens (including phenoxy) is 2. The first kappa shape index (κ1) is 13.4. The van der Waals surface area contributed by atoms with Gasteiger partial charge in [-0.05, 0) is 10.8 Å². The molecule has 0 aromatic rings. The molecule has 0 spiro atoms. The second-order valence-corrected chi connectivity index (χ2v) is 7.25. The Morgan fingerprint density at radius 3 is 1.33 bits per heavy atom. The number of rotatable bonds is 1. The summed E-state index contributed by atoms with van der Waals surface area (Å²) in [6.45, 7) is 14.3. The molecule has 2 rings (SSSR count). The zero-order chi connectivity index (χ0) is 13.6. The van der Waals surface area contributed by atoms with Crippen molar-refractivity contribution in [1.82, 2.24) is 0 Å². The first-order chi connectivity index (χ1) is 8.18. The van der Waals surface area contributed by atoms with Crippen molar-refractivity contribution in [3.8, 4) is 0 Å². The van der Waals surface area contributed by atoms with E-state index in [2.05, 4.69) is 51.5 Å². The highest BCUT2D eigenvalue weighted by Crippen LogP contribution is 2.29. The van der Waals surface area contributed by atoms with Crippen LogP contribution in [-0.4, -0.2) is 37.1 Å². The Morgan fingerprint density at radius 2 is 1.11 bits per heavy atom. The molecular formula is C14H24N2O2. The molecule has 4 nitrogen and oxygen atoms in total. The third-order valence-corrected chi connectivity index (χ3v) is 3.48. The molecule has 0 unspecified atom stereocenters. The number of nitrogens with zero attached hydrogens (tertiary/aromatic N) is 2. The summed E-state index contributed by atoms with van der Waals surface area (Å²) in [5.74, 6) is 1.17. The van der Waals surface area contributed by atoms with Gasteiger partial charge in [-0.3, -0.25) is 0 Å². The van der Waals surface area contributed by atoms with Crippen LogP contribution in [0.4, 0.5) is 0 Å². The fraction of sp³-hybridized carbons (Fsp3) is 0.857. The Kier molecular flexibility index (Phi) is 3.16. The number of hydrogen-bond acceptors (Lipinski definition) is 4. The molecule has 2 atom stereocenters. The molecule has 0 radical (unpaired) electrons. The van der Waals surface area contributed by atoms with Gasteiger partial charge in [0.2, 0.25) is 0 Å². The molecule has 0 fully saturated rings. The van der Waals surface area contributed by atoms with Crippen LogP contribution in [0, 0.1) is 10.8 Å². The van der Waals surface area contributed by atoms with E-state index in [1.54, 1.807) is 0 Å². The van der Waals surface area contributed by atoms with E-state index in [1.165, 1.54) is 0 Å². The Balaban J connectivity index is 2.11. The van der Waals surface area contributed by atoms with E-state index in [9.17, 15) is 0 Å². The van der Waals surface area contributed by atoms with Gasteiger partial charge in [0.25, 0.3) is 11.8 Å². The van der Waals surface area contributed by atoms with Crippen molar-refractivity contribution in [3.05, 3.63) is 0 Å². The van der Waals surface area contributed by atoms with Crippen molar-refractivity contribution in [1.29, 1.82) is 0 Å². The van der Waals surface area contributed by atoms with Gasteiger partial charge in [-0.25, -0.2) is 9.98 Å². The largest absolute Gasteiger partial charge is 0.472 e. The first-order valence-corrected chi connectivity index (χ1v) is 6.59. The predicted molar refractivity (Wildman–Crippen MR) is 73.3 cm³/mol. The molecule has 0 aromatic carbocycles. The molecule has 0 bridgehead atoms. The van der Waals surface area contributed by atoms with Crippen molar-refractivity contribution >= 4 is 11.8 Å². The average molecular weight is 252 g/mol. The van der Waals surface area contributed by atoms with Gasteiger partial charge in [-0.15, -0.1) is 0 Å². The standard InChI is InChI=1S/C14H24N2O2/c1-13(2,3)9-7-17-11(15-9)12-16-10(8-18-12)14(4,5)6/h9-10H,7-8H2,1-6H3/t9-,10-/m1/s1. The average Bonchev–Trinajstić information content (AvgIpc) is 2.84. The maximum Gasteiger partial charge on any atom is 0.273 e. The summed E-state index contributed by atoms with van der Waals surface area (Å²) in [6.07, 6.45) is 0. The smallest absolute Gasteiger partial charge is 0.273 e. The molecule has 0 amide bonds. The first-order valence-electron chi connectivity index (χ1n) is 6.59. The van der Waals surface area contributed by atoms with E-state index >= 15 is 0 Å². The third kappa shape index (κ3) is 2.68. The van der Waals surface area contributed by atoms with Crippen molar-refractivity contribution in [2.75, 3.05) is 13.2 Å². The second-order valence-electron chi connectivity index (χ2n) is 7.25. The van der Waals surface area contributed by atoms with Crippen LogP contribution >= 0.6 is 0 Å². The Morgan fingerprint density at radius 1 is 0.778 bits per heavy atom. The normalized spacial score (nSPS) is 28.6. The summed E-state index contributed by atoms with van der Waals surface area (Å²) in [7, 11) is 0. The molecule has 2 aliphatic rings. The van der Waals surface area contributed by atoms with Crippen molar-refractivity contribution in [2.24, 2.45) is 20.8 Å². The lowest BCUT2D eigenvalue weighted by atomic mass is 9.88. The molecule has 4 heteroatoms. The highest BCUT2D eigenvalue weighted by Gasteiger charge is 2.37. The van der Waals surface area contributed by atoms with Gasteiger partial charge in [0.05, 0.1) is 12.1 Å². The van der Waals surface area contributed by atoms with Gasteiger partial charge in [0.1, 0.15) is 13.2 Å². The molecule has 0 N–H and O–H groups in total. The van der Waals surface area contributed by atoms with Gasteiger partial charge < -0.3 is 9.47 Å². The van der Waals surface area contributed by atoms with E-state index in [1.807, 2.05) is 0 Å². The van der Waals surface area contributed by atoms with Crippen LogP contribution in [0.25, 0.3) is 0 Å². The topological polar surface area (TPSA) is 43.2 Å². The van der Waals surface area contributed by atoms with Crippen LogP contribution in [-0.2, 0) is 9.47 Å². The summed E-state index contributed by atoms with van der Waals surface area (Å²) in [4.78, 5) is 9.19. The minimum atomic E-state index is 0.115. The minimum Gasteiger partial charge on any atom is -0.472 e. The number of hydrogen-bond donors (Lipinski definition) is 0. The summed E-state index contributed by atoms with van der Waals surface area (Å²) in [5.41, 5.74) is 0.231. The monoisotopic (exact) mass is 252 g/mol. The lowest BCUT2D eigenvalue weighted by molar-refractivity contribution is 0.225. The van der Waals surface area contributed by atoms with Crippen LogP contribution in [0.1, 0.15) is 41.5 Å². The second kappa shape index (κ2) is 4.25. The molecule has 2 heterocycles. The summed E-state index contributed by atoms with van der Waals surface area (Å²) in [6, 6.07) is 0.375. The fourth-order valence-electron chi connectivity index (χ4n) is 1.87. The van der Waals surface area contributed by atoms with Gasteiger partial charge >= 0.3 is 0 Å². The van der Waals surface area contributed by atoms with E-state index in [0.29, 0.717) is 25.0 Å². The molecule has 0 aromatic heterocycles. The highest BCUT2D eigenvalue weighted by molar-refractivity contribution is 6.36. The molecular weight excluding hydrogens is 228 g/mol. The van der Waals surface area contributed by atoms with E-state index in [0.717, 1.165) is 0 Å². The summed E-state index contributed by atoms with van der Waals surface area (Å²) < 4.78 is 11.3. The van der Waals surface area contributed by atoms with Crippen molar-refractivity contribution in [3.63, 3.8) is 0 Å². The van der Waals surface area contributed by atoms with Crippen molar-refractivity contribution < 1.29 is 9.47 Å². The highest BCUT2D eigenvalue weighted by atomic mass is 16.5. The molecule has 18 heavy (non-hydrogen) atoms. The Hall–Kier alpha value is -1.06. The lowest BCUT2D eigenvalue weighted by Crippen LogP contribution is -2.25. The van der Waals surface area contributed by atoms with Crippen LogP contribution in [0.2, 0.25) is 0 Å². The molecule has 0 saturated heterocycles. The van der Waals surface area contributed by atoms with Crippen molar-refractivity contribution in [2.45, 2.75) is 53.6 Å². The van der Waals surface area contributed by atoms with Gasteiger partial charge in [-0.1, -0.05) is 41.5 Å². The Bertz CT molecular complexity index is 348. The third-order valence-electron chi connectivity index (χ3n) is 3.48. The van der Waals surface area contributed by atoms with E-state index in [-0.39, 0.29) is 22.9 Å². The van der Waals surface area contributed by atoms with Crippen LogP contribution < -0.4 is 0 Å². The molecule has 102 valence electrons. The van der Waals surface area contributed by atoms with Gasteiger partial charge in [0.15, 0.2) is 0 Å². The van der Waals surface area contributed by atoms with E-state index in [4.69, 9.17) is 9.47 Å². The quantitative estimate of drug-likeness (QED) is 0.720.